The van der Waals surface area contributed by atoms with Gasteiger partial charge in [0.15, 0.2) is 0 Å². The fraction of sp³-hybridized carbons (Fsp3) is 0.850. The minimum Gasteiger partial charge on any atom is -0.310 e. The summed E-state index contributed by atoms with van der Waals surface area (Å²) in [7, 11) is 0. The molecule has 0 amide bonds. The molecule has 2 nitrogen and oxygen atoms in total. The predicted octanol–water partition coefficient (Wildman–Crippen LogP) is 6.28. The lowest BCUT2D eigenvalue weighted by atomic mass is 9.97. The van der Waals surface area contributed by atoms with Crippen LogP contribution in [0.2, 0.25) is 0 Å². The first-order valence-corrected chi connectivity index (χ1v) is 9.95. The zero-order chi connectivity index (χ0) is 15.3. The SMILES string of the molecule is C1=C(/C2=N\NCCCCCCCC2)CCCCCCCCC/1.F. The molecule has 1 aliphatic carbocycles. The largest absolute Gasteiger partial charge is 0.310 e. The van der Waals surface area contributed by atoms with Crippen molar-refractivity contribution in [3.63, 3.8) is 0 Å². The molecule has 0 radical (unpaired) electrons. The number of halogens is 1. The minimum atomic E-state index is 0. The van der Waals surface area contributed by atoms with Gasteiger partial charge in [-0.1, -0.05) is 63.9 Å². The summed E-state index contributed by atoms with van der Waals surface area (Å²) in [6.45, 7) is 1.05. The molecule has 2 aliphatic rings. The van der Waals surface area contributed by atoms with E-state index in [1.54, 1.807) is 5.57 Å². The topological polar surface area (TPSA) is 24.4 Å². The number of nitrogens with zero attached hydrogens (tertiary/aromatic N) is 1. The highest BCUT2D eigenvalue weighted by Crippen LogP contribution is 2.20. The van der Waals surface area contributed by atoms with Crippen molar-refractivity contribution >= 4 is 5.71 Å². The molecule has 1 heterocycles. The number of nitrogens with one attached hydrogen (secondary N) is 1. The Hall–Kier alpha value is -0.860. The Morgan fingerprint density at radius 1 is 0.652 bits per heavy atom. The lowest BCUT2D eigenvalue weighted by Crippen LogP contribution is -2.14. The van der Waals surface area contributed by atoms with E-state index in [-0.39, 0.29) is 4.70 Å². The molecule has 0 aromatic heterocycles. The summed E-state index contributed by atoms with van der Waals surface area (Å²) in [4.78, 5) is 0. The molecule has 0 aromatic rings. The van der Waals surface area contributed by atoms with Crippen LogP contribution in [0.4, 0.5) is 4.70 Å². The van der Waals surface area contributed by atoms with Gasteiger partial charge in [-0.25, -0.2) is 0 Å². The van der Waals surface area contributed by atoms with Gasteiger partial charge in [0, 0.05) is 6.54 Å². The maximum Gasteiger partial charge on any atom is 0.0631 e. The average molecular weight is 325 g/mol. The Morgan fingerprint density at radius 3 is 1.96 bits per heavy atom. The number of hydrogen-bond donors (Lipinski definition) is 1. The molecule has 0 unspecified atom stereocenters. The van der Waals surface area contributed by atoms with Crippen molar-refractivity contribution in [1.29, 1.82) is 0 Å². The Bertz CT molecular complexity index is 316. The van der Waals surface area contributed by atoms with Crippen LogP contribution in [0.3, 0.4) is 0 Å². The fourth-order valence-corrected chi connectivity index (χ4v) is 3.63. The first-order chi connectivity index (χ1) is 11.0. The summed E-state index contributed by atoms with van der Waals surface area (Å²) < 4.78 is 0. The zero-order valence-electron chi connectivity index (χ0n) is 15.0. The highest BCUT2D eigenvalue weighted by molar-refractivity contribution is 5.99. The van der Waals surface area contributed by atoms with Gasteiger partial charge in [-0.3, -0.25) is 4.70 Å². The molecule has 0 bridgehead atoms. The van der Waals surface area contributed by atoms with Gasteiger partial charge in [-0.2, -0.15) is 5.10 Å². The van der Waals surface area contributed by atoms with Crippen molar-refractivity contribution < 1.29 is 4.70 Å². The second-order valence-electron chi connectivity index (χ2n) is 7.08. The van der Waals surface area contributed by atoms with E-state index >= 15 is 0 Å². The van der Waals surface area contributed by atoms with Crippen LogP contribution in [-0.2, 0) is 0 Å². The van der Waals surface area contributed by atoms with Crippen molar-refractivity contribution in [2.24, 2.45) is 5.10 Å². The molecule has 0 saturated carbocycles. The monoisotopic (exact) mass is 324 g/mol. The molecule has 0 fully saturated rings. The highest BCUT2D eigenvalue weighted by atomic mass is 19.0. The third-order valence-electron chi connectivity index (χ3n) is 5.08. The molecule has 1 aliphatic heterocycles. The van der Waals surface area contributed by atoms with Gasteiger partial charge in [0.1, 0.15) is 0 Å². The molecule has 1 N–H and O–H groups in total. The average Bonchev–Trinajstić information content (AvgIpc) is 2.64. The molecule has 0 saturated heterocycles. The normalized spacial score (nSPS) is 27.5. The van der Waals surface area contributed by atoms with E-state index in [0.717, 1.165) is 6.54 Å². The van der Waals surface area contributed by atoms with Crippen LogP contribution in [-0.4, -0.2) is 12.3 Å². The predicted molar refractivity (Wildman–Crippen MR) is 99.9 cm³/mol. The first kappa shape index (κ1) is 20.2. The highest BCUT2D eigenvalue weighted by Gasteiger charge is 2.09. The van der Waals surface area contributed by atoms with Crippen LogP contribution >= 0.6 is 0 Å². The van der Waals surface area contributed by atoms with Crippen LogP contribution in [0, 0.1) is 0 Å². The van der Waals surface area contributed by atoms with Gasteiger partial charge in [0.25, 0.3) is 0 Å². The van der Waals surface area contributed by atoms with E-state index < -0.39 is 0 Å². The van der Waals surface area contributed by atoms with E-state index in [1.165, 1.54) is 108 Å². The Labute approximate surface area is 142 Å². The summed E-state index contributed by atoms with van der Waals surface area (Å²) >= 11 is 0. The van der Waals surface area contributed by atoms with Crippen molar-refractivity contribution in [2.45, 2.75) is 103 Å². The fourth-order valence-electron chi connectivity index (χ4n) is 3.63. The van der Waals surface area contributed by atoms with Gasteiger partial charge in [-0.15, -0.1) is 0 Å². The van der Waals surface area contributed by atoms with Gasteiger partial charge < -0.3 is 5.43 Å². The molecule has 0 atom stereocenters. The lowest BCUT2D eigenvalue weighted by molar-refractivity contribution is 0.586. The van der Waals surface area contributed by atoms with E-state index in [9.17, 15) is 0 Å². The smallest absolute Gasteiger partial charge is 0.0631 e. The van der Waals surface area contributed by atoms with Crippen LogP contribution in [0.5, 0.6) is 0 Å². The summed E-state index contributed by atoms with van der Waals surface area (Å²) in [5, 5.41) is 4.80. The quantitative estimate of drug-likeness (QED) is 0.603. The first-order valence-electron chi connectivity index (χ1n) is 9.95. The number of rotatable bonds is 1. The summed E-state index contributed by atoms with van der Waals surface area (Å²) in [6.07, 6.45) is 24.2. The van der Waals surface area contributed by atoms with E-state index in [4.69, 9.17) is 5.10 Å². The van der Waals surface area contributed by atoms with Crippen molar-refractivity contribution in [3.8, 4) is 0 Å². The Morgan fingerprint density at radius 2 is 1.22 bits per heavy atom. The minimum absolute atomic E-state index is 0. The molecule has 3 heteroatoms. The van der Waals surface area contributed by atoms with Crippen LogP contribution in [0.1, 0.15) is 103 Å². The molecular weight excluding hydrogens is 287 g/mol. The summed E-state index contributed by atoms with van der Waals surface area (Å²) in [5.41, 5.74) is 6.29. The molecule has 23 heavy (non-hydrogen) atoms. The summed E-state index contributed by atoms with van der Waals surface area (Å²) in [6, 6.07) is 0. The Kier molecular flexibility index (Phi) is 11.9. The van der Waals surface area contributed by atoms with Crippen molar-refractivity contribution in [2.75, 3.05) is 6.54 Å². The van der Waals surface area contributed by atoms with Crippen molar-refractivity contribution in [3.05, 3.63) is 11.6 Å². The maximum absolute atomic E-state index is 4.80. The van der Waals surface area contributed by atoms with Gasteiger partial charge in [0.2, 0.25) is 0 Å². The molecule has 134 valence electrons. The third kappa shape index (κ3) is 9.12. The van der Waals surface area contributed by atoms with Gasteiger partial charge >= 0.3 is 0 Å². The second kappa shape index (κ2) is 13.6. The lowest BCUT2D eigenvalue weighted by Gasteiger charge is -2.12. The van der Waals surface area contributed by atoms with Crippen LogP contribution in [0.15, 0.2) is 16.8 Å². The zero-order valence-corrected chi connectivity index (χ0v) is 15.0. The molecule has 0 spiro atoms. The Balaban J connectivity index is 0.00000264. The number of hydrogen-bond acceptors (Lipinski definition) is 2. The van der Waals surface area contributed by atoms with Crippen LogP contribution in [0.25, 0.3) is 0 Å². The van der Waals surface area contributed by atoms with Crippen LogP contribution < -0.4 is 5.43 Å². The molecular formula is C20H37FN2. The van der Waals surface area contributed by atoms with Gasteiger partial charge in [0.05, 0.1) is 5.71 Å². The molecule has 0 aromatic carbocycles. The van der Waals surface area contributed by atoms with E-state index in [2.05, 4.69) is 11.5 Å². The van der Waals surface area contributed by atoms with E-state index in [0.29, 0.717) is 0 Å². The number of allylic oxidation sites excluding steroid dienone is 2. The van der Waals surface area contributed by atoms with Gasteiger partial charge in [-0.05, 0) is 50.5 Å². The van der Waals surface area contributed by atoms with E-state index in [1.807, 2.05) is 0 Å². The maximum atomic E-state index is 4.80. The summed E-state index contributed by atoms with van der Waals surface area (Å²) in [5.74, 6) is 0. The third-order valence-corrected chi connectivity index (χ3v) is 5.08. The second-order valence-corrected chi connectivity index (χ2v) is 7.08. The standard InChI is InChI=1S/C20H36N2.FH/c1-2-4-8-12-16-19(15-11-7-3-1)20-17-13-9-5-6-10-14-18-21-22-20;/h15,21H,1-14,16-18H2;1H/b19-15+,22-20-;. The number of hydrazone groups is 1. The molecule has 2 rings (SSSR count). The van der Waals surface area contributed by atoms with Crippen molar-refractivity contribution in [1.82, 2.24) is 5.43 Å².